The maximum atomic E-state index is 11.2. The van der Waals surface area contributed by atoms with E-state index < -0.39 is 8.25 Å². The van der Waals surface area contributed by atoms with Crippen molar-refractivity contribution in [1.82, 2.24) is 0 Å². The van der Waals surface area contributed by atoms with Gasteiger partial charge in [-0.2, -0.15) is 0 Å². The van der Waals surface area contributed by atoms with Gasteiger partial charge in [0.1, 0.15) is 13.2 Å². The summed E-state index contributed by atoms with van der Waals surface area (Å²) in [5.74, 6) is 0. The summed E-state index contributed by atoms with van der Waals surface area (Å²) in [6.45, 7) is 5.45. The van der Waals surface area contributed by atoms with Crippen molar-refractivity contribution in [2.24, 2.45) is 0 Å². The van der Waals surface area contributed by atoms with Gasteiger partial charge in [-0.15, -0.1) is 9.05 Å². The minimum Gasteiger partial charge on any atom is -0.119 e. The minimum absolute atomic E-state index is 0. The van der Waals surface area contributed by atoms with Gasteiger partial charge >= 0.3 is 8.25 Å². The number of unbranched alkanes of at least 4 members (excludes halogenated alkanes) is 6. The Labute approximate surface area is 117 Å². The first-order valence-corrected chi connectivity index (χ1v) is 7.63. The molecule has 0 bridgehead atoms. The predicted octanol–water partition coefficient (Wildman–Crippen LogP) is 4.84. The Hall–Kier alpha value is 0.514. The van der Waals surface area contributed by atoms with E-state index in [2.05, 4.69) is 13.8 Å². The molecule has 0 fully saturated rings. The van der Waals surface area contributed by atoms with Crippen molar-refractivity contribution < 1.29 is 30.1 Å². The van der Waals surface area contributed by atoms with Crippen molar-refractivity contribution in [1.29, 1.82) is 0 Å². The maximum Gasteiger partial charge on any atom is 0.697 e. The normalized spacial score (nSPS) is 10.0. The fourth-order valence-electron chi connectivity index (χ4n) is 1.37. The van der Waals surface area contributed by atoms with Gasteiger partial charge in [0, 0.05) is 21.1 Å². The summed E-state index contributed by atoms with van der Waals surface area (Å²) in [7, 11) is -1.87. The van der Waals surface area contributed by atoms with Crippen LogP contribution in [0, 0.1) is 0 Å². The number of rotatable bonds is 12. The average molecular weight is 308 g/mol. The number of hydrogen-bond acceptors (Lipinski definition) is 3. The number of hydrogen-bond donors (Lipinski definition) is 0. The molecule has 0 spiro atoms. The molecule has 0 saturated heterocycles. The predicted molar refractivity (Wildman–Crippen MR) is 67.8 cm³/mol. The zero-order valence-corrected chi connectivity index (χ0v) is 12.9. The van der Waals surface area contributed by atoms with Crippen LogP contribution in [0.1, 0.15) is 65.2 Å². The molecule has 0 aromatic heterocycles. The summed E-state index contributed by atoms with van der Waals surface area (Å²) < 4.78 is 21.4. The van der Waals surface area contributed by atoms with Crippen LogP contribution in [0.3, 0.4) is 0 Å². The summed E-state index contributed by atoms with van der Waals surface area (Å²) in [5, 5.41) is 0. The first kappa shape index (κ1) is 19.8. The molecular weight excluding hydrogens is 282 g/mol. The van der Waals surface area contributed by atoms with E-state index >= 15 is 0 Å². The van der Waals surface area contributed by atoms with Gasteiger partial charge in [0.05, 0.1) is 0 Å². The van der Waals surface area contributed by atoms with Gasteiger partial charge in [0.25, 0.3) is 0 Å². The topological polar surface area (TPSA) is 35.5 Å². The zero-order chi connectivity index (χ0) is 12.1. The first-order valence-electron chi connectivity index (χ1n) is 6.54. The van der Waals surface area contributed by atoms with E-state index in [0.717, 1.165) is 25.7 Å². The van der Waals surface area contributed by atoms with Crippen LogP contribution in [0.5, 0.6) is 0 Å². The molecule has 0 rings (SSSR count). The van der Waals surface area contributed by atoms with Crippen molar-refractivity contribution in [2.45, 2.75) is 65.2 Å². The van der Waals surface area contributed by atoms with Crippen LogP contribution < -0.4 is 0 Å². The summed E-state index contributed by atoms with van der Waals surface area (Å²) in [6, 6.07) is 0. The summed E-state index contributed by atoms with van der Waals surface area (Å²) in [6.07, 6.45) is 9.12. The third-order valence-corrected chi connectivity index (χ3v) is 3.18. The summed E-state index contributed by atoms with van der Waals surface area (Å²) in [4.78, 5) is 0. The zero-order valence-electron chi connectivity index (χ0n) is 11.1. The van der Waals surface area contributed by atoms with Crippen LogP contribution in [-0.4, -0.2) is 13.2 Å². The first-order chi connectivity index (χ1) is 7.81. The monoisotopic (exact) mass is 307 g/mol. The van der Waals surface area contributed by atoms with Crippen LogP contribution in [-0.2, 0) is 30.1 Å². The molecule has 0 amide bonds. The molecule has 0 aliphatic carbocycles. The molecule has 5 heteroatoms. The molecule has 0 atom stereocenters. The smallest absolute Gasteiger partial charge is 0.119 e. The van der Waals surface area contributed by atoms with Gasteiger partial charge in [-0.25, -0.2) is 0 Å². The standard InChI is InChI=1S/C12H26O3P.Ni/c1-3-5-7-9-11-14-16(13)15-12-10-8-6-4-2;/h3-12H2,1-2H3;/q+1;. The molecule has 0 aliphatic heterocycles. The van der Waals surface area contributed by atoms with Crippen molar-refractivity contribution >= 4 is 8.25 Å². The summed E-state index contributed by atoms with van der Waals surface area (Å²) in [5.41, 5.74) is 0. The molecule has 0 unspecified atom stereocenters. The van der Waals surface area contributed by atoms with E-state index in [1.165, 1.54) is 25.7 Å². The molecule has 3 nitrogen and oxygen atoms in total. The Morgan fingerprint density at radius 1 is 0.765 bits per heavy atom. The van der Waals surface area contributed by atoms with Gasteiger partial charge in [0.2, 0.25) is 0 Å². The second-order valence-electron chi connectivity index (χ2n) is 4.01. The minimum atomic E-state index is -1.87. The van der Waals surface area contributed by atoms with Crippen molar-refractivity contribution in [3.63, 3.8) is 0 Å². The molecule has 0 heterocycles. The quantitative estimate of drug-likeness (QED) is 0.294. The molecular formula is C12H26NiO3P+. The van der Waals surface area contributed by atoms with E-state index in [4.69, 9.17) is 9.05 Å². The van der Waals surface area contributed by atoms with Gasteiger partial charge in [-0.1, -0.05) is 52.4 Å². The van der Waals surface area contributed by atoms with Crippen molar-refractivity contribution in [2.75, 3.05) is 13.2 Å². The molecule has 0 saturated carbocycles. The molecule has 106 valence electrons. The molecule has 17 heavy (non-hydrogen) atoms. The Morgan fingerprint density at radius 2 is 1.18 bits per heavy atom. The van der Waals surface area contributed by atoms with Gasteiger partial charge < -0.3 is 0 Å². The third kappa shape index (κ3) is 16.5. The van der Waals surface area contributed by atoms with E-state index in [-0.39, 0.29) is 16.5 Å². The van der Waals surface area contributed by atoms with Crippen LogP contribution in [0.25, 0.3) is 0 Å². The van der Waals surface area contributed by atoms with E-state index in [9.17, 15) is 4.57 Å². The third-order valence-electron chi connectivity index (χ3n) is 2.39. The molecule has 0 aromatic carbocycles. The Balaban J connectivity index is 0. The van der Waals surface area contributed by atoms with Gasteiger partial charge in [0.15, 0.2) is 0 Å². The van der Waals surface area contributed by atoms with Crippen molar-refractivity contribution in [3.8, 4) is 0 Å². The van der Waals surface area contributed by atoms with Crippen LogP contribution in [0.2, 0.25) is 0 Å². The Kier molecular flexibility index (Phi) is 19.3. The Bertz CT molecular complexity index is 152. The van der Waals surface area contributed by atoms with Crippen molar-refractivity contribution in [3.05, 3.63) is 0 Å². The van der Waals surface area contributed by atoms with Gasteiger partial charge in [-0.3, -0.25) is 0 Å². The van der Waals surface area contributed by atoms with Crippen LogP contribution in [0.15, 0.2) is 0 Å². The second kappa shape index (κ2) is 16.5. The Morgan fingerprint density at radius 3 is 1.53 bits per heavy atom. The molecule has 0 radical (unpaired) electrons. The maximum absolute atomic E-state index is 11.2. The fraction of sp³-hybridized carbons (Fsp3) is 1.00. The second-order valence-corrected chi connectivity index (χ2v) is 4.97. The largest absolute Gasteiger partial charge is 0.697 e. The summed E-state index contributed by atoms with van der Waals surface area (Å²) >= 11 is 0. The molecule has 0 N–H and O–H groups in total. The van der Waals surface area contributed by atoms with E-state index in [1.807, 2.05) is 0 Å². The average Bonchev–Trinajstić information content (AvgIpc) is 2.28. The van der Waals surface area contributed by atoms with E-state index in [0.29, 0.717) is 13.2 Å². The van der Waals surface area contributed by atoms with Crippen LogP contribution in [0.4, 0.5) is 0 Å². The van der Waals surface area contributed by atoms with Gasteiger partial charge in [-0.05, 0) is 12.8 Å². The molecule has 0 aromatic rings. The van der Waals surface area contributed by atoms with Crippen LogP contribution >= 0.6 is 8.25 Å². The SMILES string of the molecule is CCCCCCO[P+](=O)OCCCCCC.[Ni]. The fourth-order valence-corrected chi connectivity index (χ4v) is 2.00. The molecule has 0 aliphatic rings. The van der Waals surface area contributed by atoms with E-state index in [1.54, 1.807) is 0 Å².